The molecule has 0 atom stereocenters. The van der Waals surface area contributed by atoms with Crippen LogP contribution >= 0.6 is 0 Å². The van der Waals surface area contributed by atoms with Crippen LogP contribution in [0.1, 0.15) is 22.3 Å². The molecule has 4 aromatic rings. The van der Waals surface area contributed by atoms with Crippen molar-refractivity contribution in [1.82, 2.24) is 9.71 Å². The number of para-hydroxylation sites is 1. The third-order valence-corrected chi connectivity index (χ3v) is 7.34. The van der Waals surface area contributed by atoms with E-state index in [2.05, 4.69) is 4.98 Å². The van der Waals surface area contributed by atoms with Crippen LogP contribution in [-0.4, -0.2) is 43.7 Å². The lowest BCUT2D eigenvalue weighted by molar-refractivity contribution is -0.385. The lowest BCUT2D eigenvalue weighted by Gasteiger charge is -2.13. The van der Waals surface area contributed by atoms with Gasteiger partial charge in [-0.25, -0.2) is 13.1 Å². The lowest BCUT2D eigenvalue weighted by Crippen LogP contribution is -2.31. The zero-order chi connectivity index (χ0) is 26.7. The summed E-state index contributed by atoms with van der Waals surface area (Å²) in [6.07, 6.45) is 1.98. The third kappa shape index (κ3) is 5.52. The van der Waals surface area contributed by atoms with E-state index in [9.17, 15) is 23.3 Å². The standard InChI is InChI=1S/C26H23N3O8S/c30-26(21-3-1-2-4-24(21)37-19-7-9-22-18(15-19)11-12-27-22)28-38(33,34)20-8-5-17(23(16-20)29(31)32)6-10-25-35-13-14-36-25/h1-5,7-9,11-12,15-16,25,27H,6,10,13-14H2,(H,28,30). The summed E-state index contributed by atoms with van der Waals surface area (Å²) in [4.78, 5) is 26.7. The number of ether oxygens (including phenoxy) is 3. The minimum Gasteiger partial charge on any atom is -0.457 e. The molecule has 1 aliphatic heterocycles. The number of carbonyl (C=O) groups is 1. The van der Waals surface area contributed by atoms with Crippen molar-refractivity contribution in [3.8, 4) is 11.5 Å². The Morgan fingerprint density at radius 2 is 1.87 bits per heavy atom. The number of hydrogen-bond acceptors (Lipinski definition) is 8. The Labute approximate surface area is 217 Å². The Balaban J connectivity index is 1.35. The number of sulfonamides is 1. The van der Waals surface area contributed by atoms with Crippen molar-refractivity contribution in [3.63, 3.8) is 0 Å². The van der Waals surface area contributed by atoms with Crippen molar-refractivity contribution < 1.29 is 32.3 Å². The van der Waals surface area contributed by atoms with Crippen molar-refractivity contribution >= 4 is 32.5 Å². The molecule has 0 aliphatic carbocycles. The van der Waals surface area contributed by atoms with Crippen LogP contribution in [0.2, 0.25) is 0 Å². The largest absolute Gasteiger partial charge is 0.457 e. The number of nitrogens with zero attached hydrogens (tertiary/aromatic N) is 1. The van der Waals surface area contributed by atoms with E-state index in [4.69, 9.17) is 14.2 Å². The molecule has 1 amide bonds. The van der Waals surface area contributed by atoms with E-state index in [0.29, 0.717) is 30.9 Å². The van der Waals surface area contributed by atoms with Crippen molar-refractivity contribution in [3.05, 3.63) is 94.2 Å². The second kappa shape index (κ2) is 10.6. The highest BCUT2D eigenvalue weighted by molar-refractivity contribution is 7.90. The number of H-pyrrole nitrogens is 1. The third-order valence-electron chi connectivity index (χ3n) is 6.02. The summed E-state index contributed by atoms with van der Waals surface area (Å²) in [5.74, 6) is -0.335. The number of hydrogen-bond donors (Lipinski definition) is 2. The van der Waals surface area contributed by atoms with Crippen LogP contribution in [-0.2, 0) is 25.9 Å². The Morgan fingerprint density at radius 3 is 2.66 bits per heavy atom. The summed E-state index contributed by atoms with van der Waals surface area (Å²) >= 11 is 0. The van der Waals surface area contributed by atoms with Crippen LogP contribution in [0.25, 0.3) is 10.9 Å². The number of amides is 1. The fourth-order valence-electron chi connectivity index (χ4n) is 4.14. The quantitative estimate of drug-likeness (QED) is 0.237. The predicted molar refractivity (Wildman–Crippen MR) is 137 cm³/mol. The first-order chi connectivity index (χ1) is 18.3. The molecule has 1 saturated heterocycles. The first-order valence-electron chi connectivity index (χ1n) is 11.7. The van der Waals surface area contributed by atoms with Crippen molar-refractivity contribution in [2.75, 3.05) is 13.2 Å². The summed E-state index contributed by atoms with van der Waals surface area (Å²) in [6.45, 7) is 0.917. The van der Waals surface area contributed by atoms with Gasteiger partial charge < -0.3 is 19.2 Å². The van der Waals surface area contributed by atoms with Gasteiger partial charge in [-0.3, -0.25) is 14.9 Å². The highest BCUT2D eigenvalue weighted by Gasteiger charge is 2.26. The molecule has 3 aromatic carbocycles. The molecule has 1 aliphatic rings. The number of nitro groups is 1. The monoisotopic (exact) mass is 537 g/mol. The minimum atomic E-state index is -4.43. The smallest absolute Gasteiger partial charge is 0.273 e. The van der Waals surface area contributed by atoms with Crippen molar-refractivity contribution in [2.45, 2.75) is 24.0 Å². The van der Waals surface area contributed by atoms with Crippen LogP contribution in [0.4, 0.5) is 5.69 Å². The van der Waals surface area contributed by atoms with Crippen molar-refractivity contribution in [2.24, 2.45) is 0 Å². The molecule has 38 heavy (non-hydrogen) atoms. The Kier molecular flexibility index (Phi) is 7.09. The van der Waals surface area contributed by atoms with Gasteiger partial charge in [0.1, 0.15) is 11.5 Å². The van der Waals surface area contributed by atoms with Gasteiger partial charge in [0.15, 0.2) is 6.29 Å². The molecule has 0 spiro atoms. The second-order valence-electron chi connectivity index (χ2n) is 8.52. The van der Waals surface area contributed by atoms with Gasteiger partial charge in [-0.1, -0.05) is 18.2 Å². The molecule has 0 bridgehead atoms. The van der Waals surface area contributed by atoms with Crippen LogP contribution < -0.4 is 9.46 Å². The second-order valence-corrected chi connectivity index (χ2v) is 10.2. The molecule has 0 saturated carbocycles. The van der Waals surface area contributed by atoms with Gasteiger partial charge >= 0.3 is 0 Å². The molecule has 0 radical (unpaired) electrons. The molecule has 12 heteroatoms. The molecule has 5 rings (SSSR count). The number of benzene rings is 3. The number of aryl methyl sites for hydroxylation is 1. The van der Waals surface area contributed by atoms with Gasteiger partial charge in [-0.05, 0) is 48.9 Å². The average molecular weight is 538 g/mol. The Morgan fingerprint density at radius 1 is 1.08 bits per heavy atom. The Hall–Kier alpha value is -4.26. The number of rotatable bonds is 9. The van der Waals surface area contributed by atoms with Crippen LogP contribution in [0, 0.1) is 10.1 Å². The van der Waals surface area contributed by atoms with Gasteiger partial charge in [0, 0.05) is 35.2 Å². The predicted octanol–water partition coefficient (Wildman–Crippen LogP) is 4.29. The number of carbonyl (C=O) groups excluding carboxylic acids is 1. The molecule has 0 unspecified atom stereocenters. The number of nitrogens with one attached hydrogen (secondary N) is 2. The topological polar surface area (TPSA) is 150 Å². The molecular weight excluding hydrogens is 514 g/mol. The van der Waals surface area contributed by atoms with Gasteiger partial charge in [0.2, 0.25) is 0 Å². The van der Waals surface area contributed by atoms with E-state index < -0.39 is 32.0 Å². The first-order valence-corrected chi connectivity index (χ1v) is 13.2. The normalized spacial score (nSPS) is 14.0. The number of fused-ring (bicyclic) bond motifs is 1. The van der Waals surface area contributed by atoms with E-state index in [-0.39, 0.29) is 23.4 Å². The number of aromatic nitrogens is 1. The highest BCUT2D eigenvalue weighted by atomic mass is 32.2. The maximum Gasteiger partial charge on any atom is 0.273 e. The molecular formula is C26H23N3O8S. The maximum atomic E-state index is 13.0. The Bertz CT molecular complexity index is 1610. The minimum absolute atomic E-state index is 0.0204. The first kappa shape index (κ1) is 25.4. The van der Waals surface area contributed by atoms with E-state index in [1.165, 1.54) is 18.2 Å². The van der Waals surface area contributed by atoms with Gasteiger partial charge in [0.25, 0.3) is 21.6 Å². The fraction of sp³-hybridized carbons (Fsp3) is 0.192. The zero-order valence-electron chi connectivity index (χ0n) is 20.0. The summed E-state index contributed by atoms with van der Waals surface area (Å²) in [7, 11) is -4.43. The molecule has 2 N–H and O–H groups in total. The molecule has 1 aromatic heterocycles. The zero-order valence-corrected chi connectivity index (χ0v) is 20.8. The van der Waals surface area contributed by atoms with Crippen molar-refractivity contribution in [1.29, 1.82) is 0 Å². The van der Waals surface area contributed by atoms with E-state index in [0.717, 1.165) is 17.0 Å². The lowest BCUT2D eigenvalue weighted by atomic mass is 10.1. The highest BCUT2D eigenvalue weighted by Crippen LogP contribution is 2.29. The van der Waals surface area contributed by atoms with Gasteiger partial charge in [-0.15, -0.1) is 0 Å². The maximum absolute atomic E-state index is 13.0. The van der Waals surface area contributed by atoms with E-state index in [1.54, 1.807) is 36.5 Å². The number of aromatic amines is 1. The van der Waals surface area contributed by atoms with Crippen LogP contribution in [0.5, 0.6) is 11.5 Å². The van der Waals surface area contributed by atoms with E-state index >= 15 is 0 Å². The molecule has 2 heterocycles. The van der Waals surface area contributed by atoms with E-state index in [1.807, 2.05) is 16.9 Å². The number of nitro benzene ring substituents is 1. The van der Waals surface area contributed by atoms with Gasteiger partial charge in [0.05, 0.1) is 28.6 Å². The fourth-order valence-corrected chi connectivity index (χ4v) is 5.13. The molecule has 1 fully saturated rings. The summed E-state index contributed by atoms with van der Waals surface area (Å²) < 4.78 is 44.6. The van der Waals surface area contributed by atoms with Crippen LogP contribution in [0.15, 0.2) is 77.8 Å². The van der Waals surface area contributed by atoms with Crippen LogP contribution in [0.3, 0.4) is 0 Å². The SMILES string of the molecule is O=C(NS(=O)(=O)c1ccc(CCC2OCCO2)c([N+](=O)[O-])c1)c1ccccc1Oc1ccc2[nH]ccc2c1. The summed E-state index contributed by atoms with van der Waals surface area (Å²) in [5, 5.41) is 12.6. The summed E-state index contributed by atoms with van der Waals surface area (Å²) in [6, 6.07) is 16.9. The molecule has 11 nitrogen and oxygen atoms in total. The average Bonchev–Trinajstić information content (AvgIpc) is 3.59. The summed E-state index contributed by atoms with van der Waals surface area (Å²) in [5.41, 5.74) is 0.849. The molecule has 196 valence electrons. The van der Waals surface area contributed by atoms with Gasteiger partial charge in [-0.2, -0.15) is 0 Å².